The van der Waals surface area contributed by atoms with E-state index in [1.165, 1.54) is 23.5 Å². The molecule has 0 aromatic carbocycles. The fraction of sp³-hybridized carbons (Fsp3) is 0.786. The lowest BCUT2D eigenvalue weighted by Crippen LogP contribution is -2.18. The third-order valence-electron chi connectivity index (χ3n) is 3.35. The van der Waals surface area contributed by atoms with E-state index in [-0.39, 0.29) is 0 Å². The third kappa shape index (κ3) is 3.29. The van der Waals surface area contributed by atoms with Gasteiger partial charge in [-0.25, -0.2) is 4.98 Å². The number of thiazole rings is 1. The van der Waals surface area contributed by atoms with Crippen molar-refractivity contribution in [3.05, 3.63) is 15.6 Å². The minimum atomic E-state index is 0.712. The van der Waals surface area contributed by atoms with Crippen LogP contribution < -0.4 is 5.32 Å². The molecule has 1 N–H and O–H groups in total. The Balaban J connectivity index is 1.99. The molecule has 0 saturated carbocycles. The van der Waals surface area contributed by atoms with Gasteiger partial charge in [0.15, 0.2) is 0 Å². The van der Waals surface area contributed by atoms with Crippen LogP contribution in [0.1, 0.15) is 55.6 Å². The van der Waals surface area contributed by atoms with Gasteiger partial charge in [0.2, 0.25) is 0 Å². The first-order chi connectivity index (χ1) is 8.06. The summed E-state index contributed by atoms with van der Waals surface area (Å²) in [5, 5.41) is 4.76. The van der Waals surface area contributed by atoms with E-state index in [0.717, 1.165) is 19.0 Å². The largest absolute Gasteiger partial charge is 0.310 e. The SMILES string of the molecule is CC(C)CNCc1nc2c(s1)C(C)CC(C)C2. The highest BCUT2D eigenvalue weighted by atomic mass is 32.1. The Hall–Kier alpha value is -0.410. The molecule has 2 nitrogen and oxygen atoms in total. The van der Waals surface area contributed by atoms with Gasteiger partial charge >= 0.3 is 0 Å². The van der Waals surface area contributed by atoms with Crippen LogP contribution in [0.2, 0.25) is 0 Å². The standard InChI is InChI=1S/C14H24N2S/c1-9(2)7-15-8-13-16-12-6-10(3)5-11(4)14(12)17-13/h9-11,15H,5-8H2,1-4H3. The molecule has 3 heteroatoms. The van der Waals surface area contributed by atoms with Crippen molar-refractivity contribution in [3.8, 4) is 0 Å². The van der Waals surface area contributed by atoms with Gasteiger partial charge in [0.1, 0.15) is 5.01 Å². The summed E-state index contributed by atoms with van der Waals surface area (Å²) in [5.41, 5.74) is 1.38. The van der Waals surface area contributed by atoms with E-state index < -0.39 is 0 Å². The predicted molar refractivity (Wildman–Crippen MR) is 74.6 cm³/mol. The Morgan fingerprint density at radius 1 is 1.41 bits per heavy atom. The molecule has 1 aliphatic rings. The summed E-state index contributed by atoms with van der Waals surface area (Å²) in [4.78, 5) is 6.35. The molecule has 2 rings (SSSR count). The minimum absolute atomic E-state index is 0.712. The maximum atomic E-state index is 4.80. The zero-order chi connectivity index (χ0) is 12.4. The van der Waals surface area contributed by atoms with Crippen molar-refractivity contribution in [2.75, 3.05) is 6.54 Å². The summed E-state index contributed by atoms with van der Waals surface area (Å²) in [6.07, 6.45) is 2.51. The molecule has 2 atom stereocenters. The van der Waals surface area contributed by atoms with Crippen molar-refractivity contribution >= 4 is 11.3 Å². The molecule has 17 heavy (non-hydrogen) atoms. The fourth-order valence-corrected chi connectivity index (χ4v) is 3.74. The number of hydrogen-bond acceptors (Lipinski definition) is 3. The van der Waals surface area contributed by atoms with Gasteiger partial charge in [-0.05, 0) is 37.1 Å². The maximum absolute atomic E-state index is 4.80. The van der Waals surface area contributed by atoms with Crippen LogP contribution in [0.5, 0.6) is 0 Å². The molecule has 0 radical (unpaired) electrons. The zero-order valence-corrected chi connectivity index (χ0v) is 12.2. The molecule has 0 saturated heterocycles. The van der Waals surface area contributed by atoms with E-state index in [0.29, 0.717) is 11.8 Å². The lowest BCUT2D eigenvalue weighted by atomic mass is 9.86. The minimum Gasteiger partial charge on any atom is -0.310 e. The van der Waals surface area contributed by atoms with Crippen molar-refractivity contribution < 1.29 is 0 Å². The van der Waals surface area contributed by atoms with Gasteiger partial charge in [-0.1, -0.05) is 27.7 Å². The predicted octanol–water partition coefficient (Wildman–Crippen LogP) is 3.57. The van der Waals surface area contributed by atoms with E-state index in [9.17, 15) is 0 Å². The lowest BCUT2D eigenvalue weighted by molar-refractivity contribution is 0.449. The molecule has 0 fully saturated rings. The normalized spacial score (nSPS) is 24.1. The van der Waals surface area contributed by atoms with Crippen LogP contribution in [0, 0.1) is 11.8 Å². The molecule has 1 heterocycles. The smallest absolute Gasteiger partial charge is 0.107 e. The molecule has 0 amide bonds. The molecule has 96 valence electrons. The highest BCUT2D eigenvalue weighted by Gasteiger charge is 2.25. The van der Waals surface area contributed by atoms with Gasteiger partial charge < -0.3 is 5.32 Å². The second kappa shape index (κ2) is 5.49. The zero-order valence-electron chi connectivity index (χ0n) is 11.4. The number of nitrogens with one attached hydrogen (secondary N) is 1. The monoisotopic (exact) mass is 252 g/mol. The number of aromatic nitrogens is 1. The number of fused-ring (bicyclic) bond motifs is 1. The molecular formula is C14H24N2S. The fourth-order valence-electron chi connectivity index (χ4n) is 2.61. The first-order valence-electron chi connectivity index (χ1n) is 6.75. The molecule has 0 bridgehead atoms. The van der Waals surface area contributed by atoms with Crippen LogP contribution in [0.3, 0.4) is 0 Å². The molecule has 1 aromatic rings. The van der Waals surface area contributed by atoms with Crippen molar-refractivity contribution in [1.29, 1.82) is 0 Å². The second-order valence-corrected chi connectivity index (χ2v) is 7.00. The van der Waals surface area contributed by atoms with Crippen LogP contribution >= 0.6 is 11.3 Å². The number of nitrogens with zero attached hydrogens (tertiary/aromatic N) is 1. The van der Waals surface area contributed by atoms with Crippen LogP contribution in [0.25, 0.3) is 0 Å². The third-order valence-corrected chi connectivity index (χ3v) is 4.68. The highest BCUT2D eigenvalue weighted by molar-refractivity contribution is 7.11. The van der Waals surface area contributed by atoms with Crippen LogP contribution in [-0.4, -0.2) is 11.5 Å². The summed E-state index contributed by atoms with van der Waals surface area (Å²) in [7, 11) is 0. The Kier molecular flexibility index (Phi) is 4.21. The number of hydrogen-bond donors (Lipinski definition) is 1. The van der Waals surface area contributed by atoms with E-state index in [2.05, 4.69) is 33.0 Å². The van der Waals surface area contributed by atoms with Crippen LogP contribution in [0.15, 0.2) is 0 Å². The summed E-state index contributed by atoms with van der Waals surface area (Å²) in [5.74, 6) is 2.23. The van der Waals surface area contributed by atoms with E-state index in [4.69, 9.17) is 4.98 Å². The average Bonchev–Trinajstić information content (AvgIpc) is 2.60. The van der Waals surface area contributed by atoms with Gasteiger partial charge in [-0.3, -0.25) is 0 Å². The van der Waals surface area contributed by atoms with Crippen molar-refractivity contribution in [2.45, 2.75) is 53.0 Å². The summed E-state index contributed by atoms with van der Waals surface area (Å²) >= 11 is 1.92. The molecule has 1 aromatic heterocycles. The first-order valence-corrected chi connectivity index (χ1v) is 7.57. The molecule has 1 aliphatic carbocycles. The second-order valence-electron chi connectivity index (χ2n) is 5.89. The Morgan fingerprint density at radius 3 is 2.88 bits per heavy atom. The maximum Gasteiger partial charge on any atom is 0.107 e. The van der Waals surface area contributed by atoms with Gasteiger partial charge in [0, 0.05) is 11.4 Å². The first kappa shape index (κ1) is 13.0. The average molecular weight is 252 g/mol. The Labute approximate surface area is 109 Å². The Bertz CT molecular complexity index is 370. The van der Waals surface area contributed by atoms with Gasteiger partial charge in [-0.15, -0.1) is 11.3 Å². The van der Waals surface area contributed by atoms with Crippen LogP contribution in [-0.2, 0) is 13.0 Å². The van der Waals surface area contributed by atoms with Gasteiger partial charge in [-0.2, -0.15) is 0 Å². The van der Waals surface area contributed by atoms with Gasteiger partial charge in [0.25, 0.3) is 0 Å². The summed E-state index contributed by atoms with van der Waals surface area (Å²) in [6, 6.07) is 0. The van der Waals surface area contributed by atoms with Crippen molar-refractivity contribution in [3.63, 3.8) is 0 Å². The number of rotatable bonds is 4. The summed E-state index contributed by atoms with van der Waals surface area (Å²) < 4.78 is 0. The van der Waals surface area contributed by atoms with Crippen LogP contribution in [0.4, 0.5) is 0 Å². The van der Waals surface area contributed by atoms with E-state index in [1.54, 1.807) is 4.88 Å². The quantitative estimate of drug-likeness (QED) is 0.886. The molecule has 0 aliphatic heterocycles. The van der Waals surface area contributed by atoms with E-state index >= 15 is 0 Å². The topological polar surface area (TPSA) is 24.9 Å². The summed E-state index contributed by atoms with van der Waals surface area (Å²) in [6.45, 7) is 11.2. The van der Waals surface area contributed by atoms with Crippen molar-refractivity contribution in [2.24, 2.45) is 11.8 Å². The van der Waals surface area contributed by atoms with E-state index in [1.807, 2.05) is 11.3 Å². The highest BCUT2D eigenvalue weighted by Crippen LogP contribution is 2.37. The lowest BCUT2D eigenvalue weighted by Gasteiger charge is -2.22. The molecule has 0 spiro atoms. The molecule has 2 unspecified atom stereocenters. The van der Waals surface area contributed by atoms with Crippen molar-refractivity contribution in [1.82, 2.24) is 10.3 Å². The van der Waals surface area contributed by atoms with Gasteiger partial charge in [0.05, 0.1) is 5.69 Å². The Morgan fingerprint density at radius 2 is 2.18 bits per heavy atom. The molecular weight excluding hydrogens is 228 g/mol.